The van der Waals surface area contributed by atoms with Crippen LogP contribution in [-0.4, -0.2) is 26.5 Å². The molecule has 6 nitrogen and oxygen atoms in total. The third-order valence-corrected chi connectivity index (χ3v) is 4.88. The molecule has 1 aliphatic carbocycles. The summed E-state index contributed by atoms with van der Waals surface area (Å²) >= 11 is 0. The van der Waals surface area contributed by atoms with Crippen molar-refractivity contribution in [1.29, 1.82) is 0 Å². The van der Waals surface area contributed by atoms with E-state index >= 15 is 0 Å². The summed E-state index contributed by atoms with van der Waals surface area (Å²) < 4.78 is 1.74. The smallest absolute Gasteiger partial charge is 0.272 e. The Kier molecular flexibility index (Phi) is 3.66. The number of aromatic amines is 1. The van der Waals surface area contributed by atoms with E-state index in [9.17, 15) is 9.59 Å². The Hall–Kier alpha value is -2.37. The van der Waals surface area contributed by atoms with Gasteiger partial charge in [0.05, 0.1) is 17.1 Å². The van der Waals surface area contributed by atoms with Crippen LogP contribution < -0.4 is 5.32 Å². The second kappa shape index (κ2) is 5.33. The summed E-state index contributed by atoms with van der Waals surface area (Å²) in [5.41, 5.74) is 5.09. The summed E-state index contributed by atoms with van der Waals surface area (Å²) in [6, 6.07) is 0. The molecule has 0 aromatic carbocycles. The third kappa shape index (κ3) is 2.56. The van der Waals surface area contributed by atoms with Crippen molar-refractivity contribution in [2.24, 2.45) is 12.5 Å². The second-order valence-corrected chi connectivity index (χ2v) is 7.54. The van der Waals surface area contributed by atoms with Crippen LogP contribution in [0.4, 0.5) is 5.69 Å². The molecular formula is C18H24N4O2. The number of H-pyrrole nitrogens is 1. The highest BCUT2D eigenvalue weighted by atomic mass is 16.2. The molecule has 0 bridgehead atoms. The van der Waals surface area contributed by atoms with E-state index in [1.165, 1.54) is 0 Å². The third-order valence-electron chi connectivity index (χ3n) is 4.88. The fourth-order valence-electron chi connectivity index (χ4n) is 3.59. The van der Waals surface area contributed by atoms with Gasteiger partial charge in [-0.15, -0.1) is 0 Å². The van der Waals surface area contributed by atoms with Crippen molar-refractivity contribution < 1.29 is 9.59 Å². The Morgan fingerprint density at radius 1 is 1.25 bits per heavy atom. The molecule has 0 saturated heterocycles. The van der Waals surface area contributed by atoms with Crippen LogP contribution in [0.5, 0.6) is 0 Å². The molecule has 2 aromatic heterocycles. The lowest BCUT2D eigenvalue weighted by Crippen LogP contribution is -2.26. The number of rotatable bonds is 2. The van der Waals surface area contributed by atoms with Gasteiger partial charge in [-0.3, -0.25) is 14.3 Å². The highest BCUT2D eigenvalue weighted by molar-refractivity contribution is 6.09. The number of aromatic nitrogens is 3. The van der Waals surface area contributed by atoms with Gasteiger partial charge in [-0.25, -0.2) is 0 Å². The van der Waals surface area contributed by atoms with E-state index in [1.807, 2.05) is 27.8 Å². The molecular weight excluding hydrogens is 304 g/mol. The summed E-state index contributed by atoms with van der Waals surface area (Å²) in [6.07, 6.45) is 1.29. The molecule has 0 saturated carbocycles. The second-order valence-electron chi connectivity index (χ2n) is 7.54. The first-order valence-electron chi connectivity index (χ1n) is 8.17. The molecule has 1 aliphatic rings. The van der Waals surface area contributed by atoms with E-state index in [4.69, 9.17) is 0 Å². The summed E-state index contributed by atoms with van der Waals surface area (Å²) in [6.45, 7) is 9.76. The molecule has 0 fully saturated rings. The number of anilines is 1. The van der Waals surface area contributed by atoms with Crippen molar-refractivity contribution in [3.63, 3.8) is 0 Å². The number of amides is 1. The van der Waals surface area contributed by atoms with Gasteiger partial charge < -0.3 is 10.3 Å². The summed E-state index contributed by atoms with van der Waals surface area (Å²) in [7, 11) is 1.84. The molecule has 0 radical (unpaired) electrons. The van der Waals surface area contributed by atoms with Gasteiger partial charge in [0.15, 0.2) is 5.78 Å². The van der Waals surface area contributed by atoms with Gasteiger partial charge in [0.2, 0.25) is 0 Å². The van der Waals surface area contributed by atoms with Gasteiger partial charge in [-0.2, -0.15) is 5.10 Å². The average molecular weight is 328 g/mol. The number of nitrogens with one attached hydrogen (secondary N) is 2. The Bertz CT molecular complexity index is 855. The van der Waals surface area contributed by atoms with E-state index in [0.717, 1.165) is 34.8 Å². The molecule has 128 valence electrons. The molecule has 1 amide bonds. The topological polar surface area (TPSA) is 79.8 Å². The van der Waals surface area contributed by atoms with Gasteiger partial charge in [0.25, 0.3) is 5.91 Å². The normalized spacial score (nSPS) is 16.2. The van der Waals surface area contributed by atoms with Crippen LogP contribution >= 0.6 is 0 Å². The zero-order valence-electron chi connectivity index (χ0n) is 15.1. The SMILES string of the molecule is Cc1nn(C)c(C)c1NC(=O)c1[nH]c2c(c1C)C(=O)CC(C)(C)C2. The van der Waals surface area contributed by atoms with Crippen LogP contribution in [0.25, 0.3) is 0 Å². The maximum atomic E-state index is 12.7. The fraction of sp³-hybridized carbons (Fsp3) is 0.500. The number of carbonyl (C=O) groups is 2. The van der Waals surface area contributed by atoms with Crippen molar-refractivity contribution >= 4 is 17.4 Å². The number of nitrogens with zero attached hydrogens (tertiary/aromatic N) is 2. The minimum absolute atomic E-state index is 0.0777. The maximum absolute atomic E-state index is 12.7. The first-order valence-corrected chi connectivity index (χ1v) is 8.17. The minimum Gasteiger partial charge on any atom is -0.354 e. The Morgan fingerprint density at radius 2 is 1.92 bits per heavy atom. The van der Waals surface area contributed by atoms with Crippen LogP contribution in [-0.2, 0) is 13.5 Å². The first kappa shape index (κ1) is 16.5. The van der Waals surface area contributed by atoms with Crippen LogP contribution in [0.2, 0.25) is 0 Å². The molecule has 3 rings (SSSR count). The highest BCUT2D eigenvalue weighted by Crippen LogP contribution is 2.36. The van der Waals surface area contributed by atoms with E-state index in [-0.39, 0.29) is 17.1 Å². The molecule has 0 aliphatic heterocycles. The molecule has 0 unspecified atom stereocenters. The molecule has 2 aromatic rings. The molecule has 2 N–H and O–H groups in total. The van der Waals surface area contributed by atoms with Gasteiger partial charge in [-0.1, -0.05) is 13.8 Å². The lowest BCUT2D eigenvalue weighted by atomic mass is 9.75. The van der Waals surface area contributed by atoms with Gasteiger partial charge >= 0.3 is 0 Å². The fourth-order valence-corrected chi connectivity index (χ4v) is 3.59. The zero-order valence-corrected chi connectivity index (χ0v) is 15.1. The Morgan fingerprint density at radius 3 is 2.50 bits per heavy atom. The summed E-state index contributed by atoms with van der Waals surface area (Å²) in [4.78, 5) is 28.4. The van der Waals surface area contributed by atoms with E-state index < -0.39 is 0 Å². The largest absolute Gasteiger partial charge is 0.354 e. The Labute approximate surface area is 141 Å². The summed E-state index contributed by atoms with van der Waals surface area (Å²) in [5, 5.41) is 7.25. The number of hydrogen-bond donors (Lipinski definition) is 2. The Balaban J connectivity index is 1.96. The predicted octanol–water partition coefficient (Wildman–Crippen LogP) is 3.08. The van der Waals surface area contributed by atoms with Crippen molar-refractivity contribution in [3.8, 4) is 0 Å². The van der Waals surface area contributed by atoms with Crippen LogP contribution in [0, 0.1) is 26.2 Å². The average Bonchev–Trinajstić information content (AvgIpc) is 2.89. The molecule has 0 atom stereocenters. The standard InChI is InChI=1S/C18H24N4O2/c1-9-14-12(7-18(4,5)8-13(14)23)19-15(9)17(24)20-16-10(2)21-22(6)11(16)3/h19H,7-8H2,1-6H3,(H,20,24). The van der Waals surface area contributed by atoms with Crippen molar-refractivity contribution in [3.05, 3.63) is 33.9 Å². The van der Waals surface area contributed by atoms with Gasteiger partial charge in [0.1, 0.15) is 5.69 Å². The number of aryl methyl sites for hydroxylation is 2. The quantitative estimate of drug-likeness (QED) is 0.889. The lowest BCUT2D eigenvalue weighted by molar-refractivity contribution is 0.0910. The lowest BCUT2D eigenvalue weighted by Gasteiger charge is -2.28. The maximum Gasteiger partial charge on any atom is 0.272 e. The van der Waals surface area contributed by atoms with Gasteiger partial charge in [-0.05, 0) is 38.2 Å². The zero-order chi connectivity index (χ0) is 17.8. The molecule has 2 heterocycles. The van der Waals surface area contributed by atoms with Crippen LogP contribution in [0.3, 0.4) is 0 Å². The molecule has 0 spiro atoms. The summed E-state index contributed by atoms with van der Waals surface area (Å²) in [5.74, 6) is -0.116. The molecule has 6 heteroatoms. The number of ketones is 1. The number of Topliss-reactive ketones (excluding diaryl/α,β-unsaturated/α-hetero) is 1. The first-order chi connectivity index (χ1) is 11.1. The number of carbonyl (C=O) groups excluding carboxylic acids is 2. The highest BCUT2D eigenvalue weighted by Gasteiger charge is 2.35. The molecule has 24 heavy (non-hydrogen) atoms. The van der Waals surface area contributed by atoms with Crippen molar-refractivity contribution in [1.82, 2.24) is 14.8 Å². The minimum atomic E-state index is -0.230. The predicted molar refractivity (Wildman–Crippen MR) is 92.6 cm³/mol. The van der Waals surface area contributed by atoms with Gasteiger partial charge in [0, 0.05) is 24.7 Å². The number of hydrogen-bond acceptors (Lipinski definition) is 3. The van der Waals surface area contributed by atoms with Crippen LogP contribution in [0.15, 0.2) is 0 Å². The number of fused-ring (bicyclic) bond motifs is 1. The van der Waals surface area contributed by atoms with E-state index in [0.29, 0.717) is 17.7 Å². The van der Waals surface area contributed by atoms with E-state index in [1.54, 1.807) is 4.68 Å². The van der Waals surface area contributed by atoms with Crippen molar-refractivity contribution in [2.45, 2.75) is 47.5 Å². The van der Waals surface area contributed by atoms with Crippen molar-refractivity contribution in [2.75, 3.05) is 5.32 Å². The van der Waals surface area contributed by atoms with Crippen LogP contribution in [0.1, 0.15) is 63.8 Å². The monoisotopic (exact) mass is 328 g/mol. The van der Waals surface area contributed by atoms with E-state index in [2.05, 4.69) is 29.2 Å².